The van der Waals surface area contributed by atoms with Crippen LogP contribution in [0, 0.1) is 5.92 Å². The molecule has 1 aliphatic rings. The lowest BCUT2D eigenvalue weighted by Gasteiger charge is -2.18. The number of benzene rings is 1. The highest BCUT2D eigenvalue weighted by atomic mass is 32.1. The van der Waals surface area contributed by atoms with E-state index < -0.39 is 0 Å². The number of amides is 2. The second-order valence-electron chi connectivity index (χ2n) is 6.50. The van der Waals surface area contributed by atoms with E-state index in [9.17, 15) is 4.79 Å². The van der Waals surface area contributed by atoms with Crippen LogP contribution in [0.3, 0.4) is 0 Å². The Kier molecular flexibility index (Phi) is 6.00. The van der Waals surface area contributed by atoms with Crippen LogP contribution in [0.25, 0.3) is 0 Å². The van der Waals surface area contributed by atoms with Gasteiger partial charge in [-0.15, -0.1) is 11.3 Å². The SMILES string of the molecule is COc1ccc(NC(=O)NC[C@@H]2CN(C)C[C@H]2c2cccs2)c(OC)c1. The molecule has 2 heterocycles. The van der Waals surface area contributed by atoms with Crippen molar-refractivity contribution >= 4 is 23.1 Å². The zero-order valence-electron chi connectivity index (χ0n) is 15.3. The molecule has 6 nitrogen and oxygen atoms in total. The van der Waals surface area contributed by atoms with Gasteiger partial charge in [0.1, 0.15) is 11.5 Å². The molecule has 1 fully saturated rings. The van der Waals surface area contributed by atoms with Crippen LogP contribution in [0.4, 0.5) is 10.5 Å². The van der Waals surface area contributed by atoms with E-state index >= 15 is 0 Å². The number of thiophene rings is 1. The van der Waals surface area contributed by atoms with E-state index in [0.29, 0.717) is 35.6 Å². The fourth-order valence-electron chi connectivity index (χ4n) is 3.41. The van der Waals surface area contributed by atoms with Crippen LogP contribution >= 0.6 is 11.3 Å². The summed E-state index contributed by atoms with van der Waals surface area (Å²) in [6.07, 6.45) is 0. The third-order valence-electron chi connectivity index (χ3n) is 4.71. The monoisotopic (exact) mass is 375 g/mol. The number of nitrogens with zero attached hydrogens (tertiary/aromatic N) is 1. The highest BCUT2D eigenvalue weighted by molar-refractivity contribution is 7.10. The Balaban J connectivity index is 1.58. The summed E-state index contributed by atoms with van der Waals surface area (Å²) in [5.74, 6) is 2.12. The minimum Gasteiger partial charge on any atom is -0.497 e. The van der Waals surface area contributed by atoms with E-state index in [1.54, 1.807) is 43.8 Å². The number of methoxy groups -OCH3 is 2. The molecule has 26 heavy (non-hydrogen) atoms. The van der Waals surface area contributed by atoms with Gasteiger partial charge in [-0.25, -0.2) is 4.79 Å². The van der Waals surface area contributed by atoms with Gasteiger partial charge in [0.05, 0.1) is 19.9 Å². The van der Waals surface area contributed by atoms with Crippen molar-refractivity contribution in [1.82, 2.24) is 10.2 Å². The van der Waals surface area contributed by atoms with Gasteiger partial charge < -0.3 is 25.0 Å². The fourth-order valence-corrected chi connectivity index (χ4v) is 4.32. The molecule has 0 saturated carbocycles. The molecule has 2 amide bonds. The number of nitrogens with one attached hydrogen (secondary N) is 2. The second kappa shape index (κ2) is 8.42. The summed E-state index contributed by atoms with van der Waals surface area (Å²) >= 11 is 1.79. The van der Waals surface area contributed by atoms with E-state index in [-0.39, 0.29) is 6.03 Å². The Bertz CT molecular complexity index is 736. The summed E-state index contributed by atoms with van der Waals surface area (Å²) < 4.78 is 10.5. The van der Waals surface area contributed by atoms with Crippen molar-refractivity contribution in [2.75, 3.05) is 46.2 Å². The number of likely N-dealkylation sites (tertiary alicyclic amines) is 1. The molecule has 2 atom stereocenters. The molecule has 0 unspecified atom stereocenters. The molecule has 0 radical (unpaired) electrons. The first-order valence-electron chi connectivity index (χ1n) is 8.59. The lowest BCUT2D eigenvalue weighted by molar-refractivity contribution is 0.249. The van der Waals surface area contributed by atoms with Gasteiger partial charge in [-0.2, -0.15) is 0 Å². The van der Waals surface area contributed by atoms with E-state index in [2.05, 4.69) is 40.1 Å². The lowest BCUT2D eigenvalue weighted by Crippen LogP contribution is -2.35. The molecule has 2 aromatic rings. The summed E-state index contributed by atoms with van der Waals surface area (Å²) in [6.45, 7) is 2.65. The molecule has 1 aromatic heterocycles. The molecular formula is C19H25N3O3S. The molecule has 2 N–H and O–H groups in total. The van der Waals surface area contributed by atoms with Crippen LogP contribution in [-0.2, 0) is 0 Å². The van der Waals surface area contributed by atoms with Crippen LogP contribution in [0.2, 0.25) is 0 Å². The van der Waals surface area contributed by atoms with Gasteiger partial charge in [-0.3, -0.25) is 0 Å². The molecular weight excluding hydrogens is 350 g/mol. The quantitative estimate of drug-likeness (QED) is 0.814. The van der Waals surface area contributed by atoms with E-state index in [4.69, 9.17) is 9.47 Å². The van der Waals surface area contributed by atoms with Gasteiger partial charge in [-0.05, 0) is 36.5 Å². The van der Waals surface area contributed by atoms with Gasteiger partial charge in [0, 0.05) is 36.5 Å². The van der Waals surface area contributed by atoms with Gasteiger partial charge in [0.25, 0.3) is 0 Å². The first-order chi connectivity index (χ1) is 12.6. The number of likely N-dealkylation sites (N-methyl/N-ethyl adjacent to an activating group) is 1. The summed E-state index contributed by atoms with van der Waals surface area (Å²) in [7, 11) is 5.29. The molecule has 3 rings (SSSR count). The average molecular weight is 375 g/mol. The fraction of sp³-hybridized carbons (Fsp3) is 0.421. The van der Waals surface area contributed by atoms with Crippen molar-refractivity contribution in [1.29, 1.82) is 0 Å². The number of rotatable bonds is 6. The Morgan fingerprint density at radius 3 is 2.81 bits per heavy atom. The minimum absolute atomic E-state index is 0.229. The third kappa shape index (κ3) is 4.28. The van der Waals surface area contributed by atoms with Gasteiger partial charge in [0.15, 0.2) is 0 Å². The molecule has 1 saturated heterocycles. The summed E-state index contributed by atoms with van der Waals surface area (Å²) in [4.78, 5) is 16.1. The predicted molar refractivity (Wildman–Crippen MR) is 105 cm³/mol. The molecule has 0 spiro atoms. The Morgan fingerprint density at radius 1 is 1.27 bits per heavy atom. The zero-order chi connectivity index (χ0) is 18.5. The maximum atomic E-state index is 12.3. The standard InChI is InChI=1S/C19H25N3O3S/c1-22-11-13(15(12-22)18-5-4-8-26-18)10-20-19(23)21-16-7-6-14(24-2)9-17(16)25-3/h4-9,13,15H,10-12H2,1-3H3,(H2,20,21,23)/t13-,15-/m1/s1. The maximum Gasteiger partial charge on any atom is 0.319 e. The Labute approximate surface area is 158 Å². The molecule has 0 aliphatic carbocycles. The Morgan fingerprint density at radius 2 is 2.12 bits per heavy atom. The second-order valence-corrected chi connectivity index (χ2v) is 7.48. The number of hydrogen-bond donors (Lipinski definition) is 2. The van der Waals surface area contributed by atoms with Crippen LogP contribution in [0.5, 0.6) is 11.5 Å². The maximum absolute atomic E-state index is 12.3. The summed E-state index contributed by atoms with van der Waals surface area (Å²) in [5.41, 5.74) is 0.615. The average Bonchev–Trinajstić information content (AvgIpc) is 3.29. The van der Waals surface area contributed by atoms with E-state index in [0.717, 1.165) is 13.1 Å². The predicted octanol–water partition coefficient (Wildman–Crippen LogP) is 3.23. The van der Waals surface area contributed by atoms with Crippen molar-refractivity contribution in [3.8, 4) is 11.5 Å². The topological polar surface area (TPSA) is 62.8 Å². The first-order valence-corrected chi connectivity index (χ1v) is 9.47. The van der Waals surface area contributed by atoms with Crippen molar-refractivity contribution < 1.29 is 14.3 Å². The van der Waals surface area contributed by atoms with Crippen LogP contribution in [0.15, 0.2) is 35.7 Å². The highest BCUT2D eigenvalue weighted by Gasteiger charge is 2.32. The normalized spacial score (nSPS) is 20.0. The van der Waals surface area contributed by atoms with Crippen LogP contribution in [0.1, 0.15) is 10.8 Å². The molecule has 1 aromatic carbocycles. The van der Waals surface area contributed by atoms with Crippen LogP contribution in [-0.4, -0.2) is 51.8 Å². The smallest absolute Gasteiger partial charge is 0.319 e. The number of ether oxygens (including phenoxy) is 2. The Hall–Kier alpha value is -2.25. The van der Waals surface area contributed by atoms with Gasteiger partial charge >= 0.3 is 6.03 Å². The van der Waals surface area contributed by atoms with Crippen molar-refractivity contribution in [2.24, 2.45) is 5.92 Å². The van der Waals surface area contributed by atoms with E-state index in [1.165, 1.54) is 4.88 Å². The summed E-state index contributed by atoms with van der Waals surface area (Å²) in [5, 5.41) is 7.97. The first kappa shape index (κ1) is 18.5. The number of anilines is 1. The van der Waals surface area contributed by atoms with Crippen molar-refractivity contribution in [3.05, 3.63) is 40.6 Å². The minimum atomic E-state index is -0.229. The third-order valence-corrected chi connectivity index (χ3v) is 5.72. The van der Waals surface area contributed by atoms with Crippen LogP contribution < -0.4 is 20.1 Å². The van der Waals surface area contributed by atoms with Crippen molar-refractivity contribution in [2.45, 2.75) is 5.92 Å². The molecule has 140 valence electrons. The zero-order valence-corrected chi connectivity index (χ0v) is 16.1. The number of carbonyl (C=O) groups is 1. The van der Waals surface area contributed by atoms with Gasteiger partial charge in [0.2, 0.25) is 0 Å². The van der Waals surface area contributed by atoms with Crippen molar-refractivity contribution in [3.63, 3.8) is 0 Å². The number of carbonyl (C=O) groups excluding carboxylic acids is 1. The van der Waals surface area contributed by atoms with E-state index in [1.807, 2.05) is 0 Å². The lowest BCUT2D eigenvalue weighted by atomic mass is 9.94. The summed E-state index contributed by atoms with van der Waals surface area (Å²) in [6, 6.07) is 9.35. The highest BCUT2D eigenvalue weighted by Crippen LogP contribution is 2.34. The molecule has 7 heteroatoms. The molecule has 0 bridgehead atoms. The molecule has 1 aliphatic heterocycles. The van der Waals surface area contributed by atoms with Gasteiger partial charge in [-0.1, -0.05) is 6.07 Å². The number of urea groups is 1. The number of hydrogen-bond acceptors (Lipinski definition) is 5. The largest absolute Gasteiger partial charge is 0.497 e.